The molecule has 0 fully saturated rings. The van der Waals surface area contributed by atoms with E-state index >= 15 is 0 Å². The number of hydrogen-bond donors (Lipinski definition) is 3. The lowest BCUT2D eigenvalue weighted by Gasteiger charge is -2.38. The van der Waals surface area contributed by atoms with Gasteiger partial charge in [-0.1, -0.05) is 37.6 Å². The number of rotatable bonds is 12. The van der Waals surface area contributed by atoms with Gasteiger partial charge in [-0.25, -0.2) is 18.6 Å². The number of amides is 3. The molecule has 0 radical (unpaired) electrons. The summed E-state index contributed by atoms with van der Waals surface area (Å²) in [5.74, 6) is -0.0731. The van der Waals surface area contributed by atoms with Crippen LogP contribution in [0.2, 0.25) is 0 Å². The summed E-state index contributed by atoms with van der Waals surface area (Å²) in [5.41, 5.74) is 2.24. The Labute approximate surface area is 301 Å². The summed E-state index contributed by atoms with van der Waals surface area (Å²) in [5, 5.41) is 9.11. The molecule has 1 aliphatic rings. The van der Waals surface area contributed by atoms with Gasteiger partial charge in [0.2, 0.25) is 5.91 Å². The van der Waals surface area contributed by atoms with Crippen LogP contribution >= 0.6 is 11.8 Å². The van der Waals surface area contributed by atoms with E-state index in [4.69, 9.17) is 9.72 Å². The molecule has 0 saturated heterocycles. The zero-order valence-corrected chi connectivity index (χ0v) is 30.3. The van der Waals surface area contributed by atoms with Crippen molar-refractivity contribution in [3.63, 3.8) is 0 Å². The van der Waals surface area contributed by atoms with Crippen LogP contribution in [-0.4, -0.2) is 55.6 Å². The number of thioether (sulfide) groups is 1. The number of carbonyl (C=O) groups excluding carboxylic acids is 3. The summed E-state index contributed by atoms with van der Waals surface area (Å²) in [6.07, 6.45) is 3.31. The zero-order valence-electron chi connectivity index (χ0n) is 29.5. The second-order valence-electron chi connectivity index (χ2n) is 13.4. The molecular formula is C38H44F2N6O4S. The highest BCUT2D eigenvalue weighted by Gasteiger charge is 2.44. The van der Waals surface area contributed by atoms with Crippen molar-refractivity contribution in [1.82, 2.24) is 19.8 Å². The molecule has 0 spiro atoms. The van der Waals surface area contributed by atoms with Crippen molar-refractivity contribution < 1.29 is 27.9 Å². The predicted octanol–water partition coefficient (Wildman–Crippen LogP) is 7.87. The lowest BCUT2D eigenvalue weighted by atomic mass is 10.0. The molecule has 1 unspecified atom stereocenters. The fourth-order valence-electron chi connectivity index (χ4n) is 5.80. The largest absolute Gasteiger partial charge is 0.444 e. The maximum Gasteiger partial charge on any atom is 0.409 e. The highest BCUT2D eigenvalue weighted by atomic mass is 32.2. The number of unbranched alkanes of at least 4 members (excludes halogenated alkanes) is 1. The van der Waals surface area contributed by atoms with Crippen LogP contribution < -0.4 is 16.0 Å². The number of anilines is 3. The number of aromatic nitrogens is 2. The van der Waals surface area contributed by atoms with Gasteiger partial charge in [-0.15, -0.1) is 11.8 Å². The normalized spacial score (nSPS) is 13.9. The van der Waals surface area contributed by atoms with E-state index in [1.165, 1.54) is 36.0 Å². The fraction of sp³-hybridized carbons (Fsp3) is 0.368. The molecule has 0 bridgehead atoms. The summed E-state index contributed by atoms with van der Waals surface area (Å²) >= 11 is 1.20. The molecule has 3 N–H and O–H groups in total. The van der Waals surface area contributed by atoms with E-state index in [9.17, 15) is 23.2 Å². The molecule has 2 heterocycles. The third kappa shape index (κ3) is 9.46. The Morgan fingerprint density at radius 1 is 0.941 bits per heavy atom. The third-order valence-electron chi connectivity index (χ3n) is 8.31. The minimum Gasteiger partial charge on any atom is -0.444 e. The summed E-state index contributed by atoms with van der Waals surface area (Å²) in [6, 6.07) is 19.2. The van der Waals surface area contributed by atoms with Gasteiger partial charge in [-0.3, -0.25) is 14.9 Å². The van der Waals surface area contributed by atoms with Gasteiger partial charge in [0.25, 0.3) is 5.91 Å². The average Bonchev–Trinajstić information content (AvgIpc) is 3.45. The van der Waals surface area contributed by atoms with E-state index in [1.54, 1.807) is 68.3 Å². The van der Waals surface area contributed by atoms with Gasteiger partial charge in [-0.2, -0.15) is 0 Å². The van der Waals surface area contributed by atoms with Crippen LogP contribution in [0.4, 0.5) is 30.8 Å². The molecule has 13 heteroatoms. The molecule has 3 aromatic carbocycles. The van der Waals surface area contributed by atoms with Gasteiger partial charge in [-0.05, 0) is 87.5 Å². The highest BCUT2D eigenvalue weighted by molar-refractivity contribution is 8.00. The van der Waals surface area contributed by atoms with Crippen LogP contribution in [0.15, 0.2) is 72.8 Å². The molecule has 4 aromatic rings. The summed E-state index contributed by atoms with van der Waals surface area (Å²) in [7, 11) is 0. The van der Waals surface area contributed by atoms with E-state index < -0.39 is 22.4 Å². The molecular weight excluding hydrogens is 675 g/mol. The van der Waals surface area contributed by atoms with Gasteiger partial charge in [0.1, 0.15) is 34.6 Å². The number of hydrogen-bond acceptors (Lipinski definition) is 7. The number of ether oxygens (including phenoxy) is 1. The lowest BCUT2D eigenvalue weighted by molar-refractivity contribution is -0.136. The second-order valence-corrected chi connectivity index (χ2v) is 14.5. The van der Waals surface area contributed by atoms with Crippen molar-refractivity contribution >= 4 is 46.9 Å². The first-order valence-corrected chi connectivity index (χ1v) is 18.1. The van der Waals surface area contributed by atoms with Crippen molar-refractivity contribution in [1.29, 1.82) is 0 Å². The topological polar surface area (TPSA) is 118 Å². The summed E-state index contributed by atoms with van der Waals surface area (Å²) < 4.78 is 35.6. The molecule has 0 saturated carbocycles. The first-order valence-electron chi connectivity index (χ1n) is 16.9. The van der Waals surface area contributed by atoms with Crippen LogP contribution in [0.5, 0.6) is 0 Å². The number of carbonyl (C=O) groups is 3. The van der Waals surface area contributed by atoms with Gasteiger partial charge in [0, 0.05) is 42.9 Å². The van der Waals surface area contributed by atoms with Gasteiger partial charge in [0.15, 0.2) is 4.87 Å². The second kappa shape index (κ2) is 16.0. The lowest BCUT2D eigenvalue weighted by Crippen LogP contribution is -2.60. The van der Waals surface area contributed by atoms with Crippen molar-refractivity contribution in [3.05, 3.63) is 95.8 Å². The first kappa shape index (κ1) is 37.3. The molecule has 1 aliphatic heterocycles. The fourth-order valence-corrected chi connectivity index (χ4v) is 6.60. The van der Waals surface area contributed by atoms with Crippen molar-refractivity contribution in [3.8, 4) is 11.3 Å². The van der Waals surface area contributed by atoms with Crippen molar-refractivity contribution in [2.75, 3.05) is 23.4 Å². The van der Waals surface area contributed by atoms with Crippen molar-refractivity contribution in [2.24, 2.45) is 0 Å². The standard InChI is InChI=1S/C38H44F2N6O4S/c1-6-7-11-32(47)41-29-16-12-25(13-17-29)23-38(51-5,44-36(49)50-37(2,3)4)35(48)45-20-21-46-31(24-45)43-33(26-9-8-10-28(40)22-26)34(46)42-30-18-14-27(39)15-19-30/h8-10,12-19,22,42H,6-7,11,20-21,23-24H2,1-5H3,(H,41,47)(H,44,49). The SMILES string of the molecule is CCCCC(=O)Nc1ccc(CC(NC(=O)OC(C)(C)C)(SC)C(=O)N2CCn3c(nc(-c4cccc(F)c4)c3Nc3ccc(F)cc3)C2)cc1. The summed E-state index contributed by atoms with van der Waals surface area (Å²) in [4.78, 5) is 45.2. The Kier molecular flexibility index (Phi) is 11.7. The van der Waals surface area contributed by atoms with Crippen LogP contribution in [0.25, 0.3) is 11.3 Å². The number of alkyl carbamates (subject to hydrolysis) is 1. The molecule has 51 heavy (non-hydrogen) atoms. The van der Waals surface area contributed by atoms with Crippen LogP contribution in [0, 0.1) is 11.6 Å². The van der Waals surface area contributed by atoms with Crippen molar-refractivity contribution in [2.45, 2.75) is 76.9 Å². The Balaban J connectivity index is 1.45. The molecule has 5 rings (SSSR count). The van der Waals surface area contributed by atoms with E-state index in [2.05, 4.69) is 16.0 Å². The van der Waals surface area contributed by atoms with Crippen LogP contribution in [0.1, 0.15) is 58.3 Å². The van der Waals surface area contributed by atoms with E-state index in [-0.39, 0.29) is 37.1 Å². The number of nitrogens with zero attached hydrogens (tertiary/aromatic N) is 3. The van der Waals surface area contributed by atoms with Gasteiger partial charge >= 0.3 is 6.09 Å². The molecule has 1 atom stereocenters. The third-order valence-corrected chi connectivity index (χ3v) is 9.43. The van der Waals surface area contributed by atoms with E-state index in [1.807, 2.05) is 23.6 Å². The van der Waals surface area contributed by atoms with E-state index in [0.717, 1.165) is 18.4 Å². The van der Waals surface area contributed by atoms with Crippen LogP contribution in [0.3, 0.4) is 0 Å². The Morgan fingerprint density at radius 2 is 1.65 bits per heavy atom. The Morgan fingerprint density at radius 3 is 2.29 bits per heavy atom. The number of imidazole rings is 1. The maximum absolute atomic E-state index is 14.6. The maximum atomic E-state index is 14.6. The number of halogens is 2. The Hall–Kier alpha value is -4.91. The number of nitrogens with one attached hydrogen (secondary N) is 3. The average molecular weight is 719 g/mol. The highest BCUT2D eigenvalue weighted by Crippen LogP contribution is 2.36. The predicted molar refractivity (Wildman–Crippen MR) is 197 cm³/mol. The zero-order chi connectivity index (χ0) is 36.8. The van der Waals surface area contributed by atoms with Gasteiger partial charge < -0.3 is 24.8 Å². The monoisotopic (exact) mass is 718 g/mol. The van der Waals surface area contributed by atoms with E-state index in [0.29, 0.717) is 47.2 Å². The number of benzene rings is 3. The quantitative estimate of drug-likeness (QED) is 0.128. The number of fused-ring (bicyclic) bond motifs is 1. The molecule has 270 valence electrons. The summed E-state index contributed by atoms with van der Waals surface area (Å²) in [6.45, 7) is 8.01. The molecule has 0 aliphatic carbocycles. The van der Waals surface area contributed by atoms with Gasteiger partial charge in [0.05, 0.1) is 6.54 Å². The molecule has 1 aromatic heterocycles. The minimum atomic E-state index is -1.45. The van der Waals surface area contributed by atoms with Crippen LogP contribution in [-0.2, 0) is 33.8 Å². The molecule has 10 nitrogen and oxygen atoms in total. The Bertz CT molecular complexity index is 1860. The minimum absolute atomic E-state index is 0.0649. The molecule has 3 amide bonds. The smallest absolute Gasteiger partial charge is 0.409 e. The first-order chi connectivity index (χ1) is 24.3.